The normalized spacial score (nSPS) is 21.9. The van der Waals surface area contributed by atoms with E-state index in [0.717, 1.165) is 0 Å². The molecule has 4 nitrogen and oxygen atoms in total. The third kappa shape index (κ3) is 2.28. The van der Waals surface area contributed by atoms with Gasteiger partial charge in [-0.1, -0.05) is 6.92 Å². The molecule has 0 aliphatic carbocycles. The summed E-state index contributed by atoms with van der Waals surface area (Å²) in [7, 11) is 0. The molecule has 1 aromatic carbocycles. The molecule has 1 N–H and O–H groups in total. The van der Waals surface area contributed by atoms with Gasteiger partial charge in [0.25, 0.3) is 5.91 Å². The maximum absolute atomic E-state index is 13.2. The highest BCUT2D eigenvalue weighted by molar-refractivity contribution is 6.10. The zero-order valence-corrected chi connectivity index (χ0v) is 12.2. The molecule has 2 amide bonds. The molecule has 0 spiro atoms. The SMILES string of the molecule is CCC1C(=O)NC(C)(C)C(=O)N1c1ccc(F)cc1C. The summed E-state index contributed by atoms with van der Waals surface area (Å²) >= 11 is 0. The molecule has 1 atom stereocenters. The molecule has 1 aromatic rings. The van der Waals surface area contributed by atoms with Gasteiger partial charge in [0, 0.05) is 5.69 Å². The van der Waals surface area contributed by atoms with E-state index in [-0.39, 0.29) is 17.6 Å². The van der Waals surface area contributed by atoms with Crippen molar-refractivity contribution < 1.29 is 14.0 Å². The molecular weight excluding hydrogens is 259 g/mol. The molecule has 1 aliphatic rings. The predicted octanol–water partition coefficient (Wildman–Crippen LogP) is 2.15. The van der Waals surface area contributed by atoms with E-state index in [2.05, 4.69) is 5.32 Å². The van der Waals surface area contributed by atoms with Gasteiger partial charge in [0.15, 0.2) is 0 Å². The minimum absolute atomic E-state index is 0.180. The second-order valence-corrected chi connectivity index (χ2v) is 5.64. The predicted molar refractivity (Wildman–Crippen MR) is 74.9 cm³/mol. The zero-order valence-electron chi connectivity index (χ0n) is 12.2. The van der Waals surface area contributed by atoms with Crippen molar-refractivity contribution in [1.29, 1.82) is 0 Å². The third-order valence-corrected chi connectivity index (χ3v) is 3.61. The van der Waals surface area contributed by atoms with Crippen molar-refractivity contribution in [2.45, 2.75) is 45.7 Å². The first-order chi connectivity index (χ1) is 9.27. The van der Waals surface area contributed by atoms with E-state index in [1.54, 1.807) is 26.8 Å². The quantitative estimate of drug-likeness (QED) is 0.901. The van der Waals surface area contributed by atoms with Crippen molar-refractivity contribution in [3.8, 4) is 0 Å². The number of aryl methyl sites for hydroxylation is 1. The number of benzene rings is 1. The molecule has 0 saturated carbocycles. The van der Waals surface area contributed by atoms with Gasteiger partial charge in [-0.05, 0) is 51.0 Å². The molecule has 0 bridgehead atoms. The molecule has 1 saturated heterocycles. The van der Waals surface area contributed by atoms with E-state index in [0.29, 0.717) is 17.7 Å². The van der Waals surface area contributed by atoms with Crippen LogP contribution in [0.1, 0.15) is 32.8 Å². The lowest BCUT2D eigenvalue weighted by Crippen LogP contribution is -2.68. The molecule has 0 aromatic heterocycles. The number of carbonyl (C=O) groups excluding carboxylic acids is 2. The summed E-state index contributed by atoms with van der Waals surface area (Å²) in [5.41, 5.74) is 0.275. The van der Waals surface area contributed by atoms with Crippen molar-refractivity contribution >= 4 is 17.5 Å². The highest BCUT2D eigenvalue weighted by Crippen LogP contribution is 2.29. The lowest BCUT2D eigenvalue weighted by molar-refractivity contribution is -0.137. The number of nitrogens with zero attached hydrogens (tertiary/aromatic N) is 1. The Morgan fingerprint density at radius 3 is 2.55 bits per heavy atom. The molecule has 2 rings (SSSR count). The number of nitrogens with one attached hydrogen (secondary N) is 1. The number of piperazine rings is 1. The fraction of sp³-hybridized carbons (Fsp3) is 0.467. The van der Waals surface area contributed by atoms with Crippen LogP contribution in [-0.2, 0) is 9.59 Å². The molecule has 1 aliphatic heterocycles. The van der Waals surface area contributed by atoms with Gasteiger partial charge in [-0.25, -0.2) is 4.39 Å². The standard InChI is InChI=1S/C15H19FN2O2/c1-5-11-13(19)17-15(3,4)14(20)18(11)12-7-6-10(16)8-9(12)2/h6-8,11H,5H2,1-4H3,(H,17,19). The van der Waals surface area contributed by atoms with Crippen LogP contribution in [0.4, 0.5) is 10.1 Å². The fourth-order valence-corrected chi connectivity index (χ4v) is 2.54. The van der Waals surface area contributed by atoms with Crippen LogP contribution in [0.15, 0.2) is 18.2 Å². The number of carbonyl (C=O) groups is 2. The van der Waals surface area contributed by atoms with Crippen LogP contribution >= 0.6 is 0 Å². The first-order valence-electron chi connectivity index (χ1n) is 6.69. The first kappa shape index (κ1) is 14.5. The summed E-state index contributed by atoms with van der Waals surface area (Å²) in [5.74, 6) is -0.716. The Kier molecular flexibility index (Phi) is 3.54. The Bertz CT molecular complexity index is 569. The Hall–Kier alpha value is -1.91. The fourth-order valence-electron chi connectivity index (χ4n) is 2.54. The van der Waals surface area contributed by atoms with E-state index in [9.17, 15) is 14.0 Å². The minimum Gasteiger partial charge on any atom is -0.340 e. The van der Waals surface area contributed by atoms with E-state index < -0.39 is 11.6 Å². The Morgan fingerprint density at radius 2 is 2.00 bits per heavy atom. The monoisotopic (exact) mass is 278 g/mol. The van der Waals surface area contributed by atoms with Crippen LogP contribution in [0, 0.1) is 12.7 Å². The first-order valence-corrected chi connectivity index (χ1v) is 6.69. The second kappa shape index (κ2) is 4.89. The summed E-state index contributed by atoms with van der Waals surface area (Å²) in [6.45, 7) is 6.93. The topological polar surface area (TPSA) is 49.4 Å². The Morgan fingerprint density at radius 1 is 1.35 bits per heavy atom. The number of rotatable bonds is 2. The van der Waals surface area contributed by atoms with Gasteiger partial charge in [-0.15, -0.1) is 0 Å². The molecule has 108 valence electrons. The zero-order chi connectivity index (χ0) is 15.1. The van der Waals surface area contributed by atoms with Gasteiger partial charge in [-0.3, -0.25) is 14.5 Å². The van der Waals surface area contributed by atoms with Crippen molar-refractivity contribution in [1.82, 2.24) is 5.32 Å². The van der Waals surface area contributed by atoms with Gasteiger partial charge >= 0.3 is 0 Å². The van der Waals surface area contributed by atoms with Crippen LogP contribution in [0.5, 0.6) is 0 Å². The number of hydrogen-bond donors (Lipinski definition) is 1. The average molecular weight is 278 g/mol. The highest BCUT2D eigenvalue weighted by Gasteiger charge is 2.45. The van der Waals surface area contributed by atoms with Gasteiger partial charge in [0.2, 0.25) is 5.91 Å². The lowest BCUT2D eigenvalue weighted by Gasteiger charge is -2.43. The second-order valence-electron chi connectivity index (χ2n) is 5.64. The van der Waals surface area contributed by atoms with Gasteiger partial charge in [0.05, 0.1) is 0 Å². The van der Waals surface area contributed by atoms with E-state index in [1.165, 1.54) is 17.0 Å². The maximum atomic E-state index is 13.2. The van der Waals surface area contributed by atoms with Gasteiger partial charge < -0.3 is 5.32 Å². The van der Waals surface area contributed by atoms with Crippen LogP contribution in [-0.4, -0.2) is 23.4 Å². The summed E-state index contributed by atoms with van der Waals surface area (Å²) in [5, 5.41) is 2.73. The molecule has 0 radical (unpaired) electrons. The highest BCUT2D eigenvalue weighted by atomic mass is 19.1. The van der Waals surface area contributed by atoms with Gasteiger partial charge in [0.1, 0.15) is 17.4 Å². The average Bonchev–Trinajstić information content (AvgIpc) is 2.34. The van der Waals surface area contributed by atoms with E-state index in [1.807, 2.05) is 6.92 Å². The number of halogens is 1. The van der Waals surface area contributed by atoms with E-state index >= 15 is 0 Å². The summed E-state index contributed by atoms with van der Waals surface area (Å²) in [4.78, 5) is 26.3. The molecular formula is C15H19FN2O2. The number of anilines is 1. The summed E-state index contributed by atoms with van der Waals surface area (Å²) < 4.78 is 13.2. The van der Waals surface area contributed by atoms with Crippen molar-refractivity contribution in [3.63, 3.8) is 0 Å². The van der Waals surface area contributed by atoms with Crippen LogP contribution in [0.25, 0.3) is 0 Å². The van der Waals surface area contributed by atoms with Gasteiger partial charge in [-0.2, -0.15) is 0 Å². The molecule has 5 heteroatoms. The van der Waals surface area contributed by atoms with Crippen LogP contribution in [0.3, 0.4) is 0 Å². The summed E-state index contributed by atoms with van der Waals surface area (Å²) in [6.07, 6.45) is 0.504. The lowest BCUT2D eigenvalue weighted by atomic mass is 9.94. The summed E-state index contributed by atoms with van der Waals surface area (Å²) in [6, 6.07) is 3.68. The van der Waals surface area contributed by atoms with Crippen molar-refractivity contribution in [2.75, 3.05) is 4.90 Å². The maximum Gasteiger partial charge on any atom is 0.252 e. The number of hydrogen-bond acceptors (Lipinski definition) is 2. The molecule has 1 unspecified atom stereocenters. The number of amides is 2. The van der Waals surface area contributed by atoms with E-state index in [4.69, 9.17) is 0 Å². The third-order valence-electron chi connectivity index (χ3n) is 3.61. The Labute approximate surface area is 118 Å². The molecule has 1 heterocycles. The minimum atomic E-state index is -0.955. The van der Waals surface area contributed by atoms with Crippen molar-refractivity contribution in [2.24, 2.45) is 0 Å². The molecule has 1 fully saturated rings. The van der Waals surface area contributed by atoms with Crippen LogP contribution < -0.4 is 10.2 Å². The Balaban J connectivity index is 2.54. The molecule has 20 heavy (non-hydrogen) atoms. The largest absolute Gasteiger partial charge is 0.340 e. The van der Waals surface area contributed by atoms with Crippen LogP contribution in [0.2, 0.25) is 0 Å². The smallest absolute Gasteiger partial charge is 0.252 e. The van der Waals surface area contributed by atoms with Crippen molar-refractivity contribution in [3.05, 3.63) is 29.6 Å².